The highest BCUT2D eigenvalue weighted by atomic mass is 16.3. The molecule has 0 heterocycles. The Kier molecular flexibility index (Phi) is 7.61. The summed E-state index contributed by atoms with van der Waals surface area (Å²) in [7, 11) is 0. The lowest BCUT2D eigenvalue weighted by atomic mass is 9.60. The molecule has 3 unspecified atom stereocenters. The van der Waals surface area contributed by atoms with E-state index in [1.165, 1.54) is 32.1 Å². The monoisotopic (exact) mass is 430 g/mol. The highest BCUT2D eigenvalue weighted by Crippen LogP contribution is 2.60. The summed E-state index contributed by atoms with van der Waals surface area (Å²) in [6.45, 7) is 14.8. The predicted octanol–water partition coefficient (Wildman–Crippen LogP) is 5.95. The minimum absolute atomic E-state index is 0.149. The van der Waals surface area contributed by atoms with E-state index in [1.807, 2.05) is 20.8 Å². The molecule has 3 rings (SSSR count). The van der Waals surface area contributed by atoms with Gasteiger partial charge in [-0.1, -0.05) is 57.9 Å². The first-order chi connectivity index (χ1) is 14.4. The van der Waals surface area contributed by atoms with Gasteiger partial charge in [0.15, 0.2) is 0 Å². The Morgan fingerprint density at radius 3 is 2.61 bits per heavy atom. The second-order valence-corrected chi connectivity index (χ2v) is 11.8. The first-order valence-electron chi connectivity index (χ1n) is 12.6. The molecule has 3 aliphatic rings. The summed E-state index contributed by atoms with van der Waals surface area (Å²) in [6, 6.07) is 0. The summed E-state index contributed by atoms with van der Waals surface area (Å²) in [5.74, 6) is 1.94. The van der Waals surface area contributed by atoms with E-state index in [4.69, 9.17) is 0 Å². The molecule has 0 spiro atoms. The lowest BCUT2D eigenvalue weighted by molar-refractivity contribution is 0.0283. The summed E-state index contributed by atoms with van der Waals surface area (Å²) >= 11 is 0. The number of fused-ring (bicyclic) bond motifs is 1. The standard InChI is InChI=1S/C28H46O3/c1-18(9-7-15-27(4,5)31)23-13-14-24-21(10-8-16-28(23,24)6)11-12-22-17-25(29)20(3)26(30)19(22)2/h11-12,18,20,23-26,29-31H,2,7-10,13-17H2,1,3-6H3/t18-,20+,23?,24?,25+,26+,28?/m0/s1. The van der Waals surface area contributed by atoms with Crippen molar-refractivity contribution in [3.8, 4) is 0 Å². The Morgan fingerprint density at radius 2 is 1.94 bits per heavy atom. The third-order valence-corrected chi connectivity index (χ3v) is 8.97. The van der Waals surface area contributed by atoms with Gasteiger partial charge in [0.1, 0.15) is 0 Å². The summed E-state index contributed by atoms with van der Waals surface area (Å²) in [5, 5.41) is 30.7. The van der Waals surface area contributed by atoms with Crippen molar-refractivity contribution >= 4 is 0 Å². The van der Waals surface area contributed by atoms with Crippen molar-refractivity contribution in [1.29, 1.82) is 0 Å². The van der Waals surface area contributed by atoms with Crippen molar-refractivity contribution < 1.29 is 15.3 Å². The van der Waals surface area contributed by atoms with Crippen LogP contribution in [0.4, 0.5) is 0 Å². The molecule has 7 atom stereocenters. The highest BCUT2D eigenvalue weighted by Gasteiger charge is 2.50. The van der Waals surface area contributed by atoms with Crippen molar-refractivity contribution in [3.05, 3.63) is 35.5 Å². The minimum Gasteiger partial charge on any atom is -0.392 e. The molecular weight excluding hydrogens is 384 g/mol. The third kappa shape index (κ3) is 5.37. The zero-order valence-corrected chi connectivity index (χ0v) is 20.5. The summed E-state index contributed by atoms with van der Waals surface area (Å²) in [6.07, 6.45) is 13.4. The van der Waals surface area contributed by atoms with Crippen LogP contribution < -0.4 is 0 Å². The fraction of sp³-hybridized carbons (Fsp3) is 0.786. The van der Waals surface area contributed by atoms with E-state index in [0.29, 0.717) is 23.7 Å². The first kappa shape index (κ1) is 24.7. The highest BCUT2D eigenvalue weighted by molar-refractivity contribution is 5.39. The SMILES string of the molecule is C=C1C(=CC=C2CCCC3(C)C2CCC3[C@@H](C)CCCC(C)(C)O)C[C@@H](O)[C@@H](C)[C@@H]1O. The number of aliphatic hydroxyl groups excluding tert-OH is 2. The quantitative estimate of drug-likeness (QED) is 0.488. The van der Waals surface area contributed by atoms with Crippen LogP contribution >= 0.6 is 0 Å². The maximum Gasteiger partial charge on any atom is 0.0837 e. The molecule has 3 aliphatic carbocycles. The molecule has 0 radical (unpaired) electrons. The number of allylic oxidation sites excluding steroid dienone is 3. The van der Waals surface area contributed by atoms with Gasteiger partial charge in [-0.15, -0.1) is 0 Å². The number of aliphatic hydroxyl groups is 3. The van der Waals surface area contributed by atoms with Gasteiger partial charge in [0.05, 0.1) is 17.8 Å². The maximum absolute atomic E-state index is 10.4. The van der Waals surface area contributed by atoms with E-state index in [-0.39, 0.29) is 5.92 Å². The molecule has 3 nitrogen and oxygen atoms in total. The van der Waals surface area contributed by atoms with Gasteiger partial charge < -0.3 is 15.3 Å². The molecule has 0 aromatic carbocycles. The molecule has 0 bridgehead atoms. The van der Waals surface area contributed by atoms with Crippen molar-refractivity contribution in [1.82, 2.24) is 0 Å². The Bertz CT molecular complexity index is 712. The molecule has 31 heavy (non-hydrogen) atoms. The van der Waals surface area contributed by atoms with E-state index >= 15 is 0 Å². The van der Waals surface area contributed by atoms with Gasteiger partial charge in [0.2, 0.25) is 0 Å². The summed E-state index contributed by atoms with van der Waals surface area (Å²) in [4.78, 5) is 0. The molecule has 3 heteroatoms. The average Bonchev–Trinajstić information content (AvgIpc) is 3.04. The van der Waals surface area contributed by atoms with Crippen LogP contribution in [0.25, 0.3) is 0 Å². The van der Waals surface area contributed by atoms with Crippen LogP contribution in [-0.4, -0.2) is 33.1 Å². The van der Waals surface area contributed by atoms with Crippen molar-refractivity contribution in [3.63, 3.8) is 0 Å². The Balaban J connectivity index is 1.71. The molecule has 176 valence electrons. The van der Waals surface area contributed by atoms with Gasteiger partial charge in [0.25, 0.3) is 0 Å². The molecule has 0 aromatic rings. The van der Waals surface area contributed by atoms with Gasteiger partial charge in [-0.25, -0.2) is 0 Å². The molecule has 0 aliphatic heterocycles. The second kappa shape index (κ2) is 9.53. The van der Waals surface area contributed by atoms with Gasteiger partial charge in [0, 0.05) is 5.92 Å². The van der Waals surface area contributed by atoms with Gasteiger partial charge in [-0.05, 0) is 93.1 Å². The largest absolute Gasteiger partial charge is 0.392 e. The van der Waals surface area contributed by atoms with Crippen LogP contribution in [0.3, 0.4) is 0 Å². The minimum atomic E-state index is -0.648. The lowest BCUT2D eigenvalue weighted by Gasteiger charge is -2.44. The van der Waals surface area contributed by atoms with E-state index in [2.05, 4.69) is 32.6 Å². The van der Waals surface area contributed by atoms with E-state index in [0.717, 1.165) is 36.3 Å². The van der Waals surface area contributed by atoms with E-state index < -0.39 is 17.8 Å². The fourth-order valence-corrected chi connectivity index (χ4v) is 6.91. The molecule has 0 aromatic heterocycles. The Hall–Kier alpha value is -0.900. The molecule has 3 fully saturated rings. The van der Waals surface area contributed by atoms with Crippen LogP contribution in [-0.2, 0) is 0 Å². The van der Waals surface area contributed by atoms with Crippen molar-refractivity contribution in [2.75, 3.05) is 0 Å². The van der Waals surface area contributed by atoms with Crippen LogP contribution in [0.5, 0.6) is 0 Å². The molecule has 3 N–H and O–H groups in total. The first-order valence-corrected chi connectivity index (χ1v) is 12.6. The fourth-order valence-electron chi connectivity index (χ4n) is 6.91. The number of hydrogen-bond donors (Lipinski definition) is 3. The van der Waals surface area contributed by atoms with E-state index in [9.17, 15) is 15.3 Å². The van der Waals surface area contributed by atoms with E-state index in [1.54, 1.807) is 5.57 Å². The predicted molar refractivity (Wildman–Crippen MR) is 129 cm³/mol. The molecule has 3 saturated carbocycles. The van der Waals surface area contributed by atoms with Crippen molar-refractivity contribution in [2.45, 2.75) is 110 Å². The van der Waals surface area contributed by atoms with Gasteiger partial charge in [-0.3, -0.25) is 0 Å². The number of hydrogen-bond acceptors (Lipinski definition) is 3. The normalized spacial score (nSPS) is 40.4. The van der Waals surface area contributed by atoms with Gasteiger partial charge >= 0.3 is 0 Å². The molecule has 0 saturated heterocycles. The second-order valence-electron chi connectivity index (χ2n) is 11.8. The average molecular weight is 431 g/mol. The van der Waals surface area contributed by atoms with Crippen LogP contribution in [0.2, 0.25) is 0 Å². The molecule has 0 amide bonds. The zero-order valence-electron chi connectivity index (χ0n) is 20.5. The van der Waals surface area contributed by atoms with Crippen LogP contribution in [0.15, 0.2) is 35.5 Å². The smallest absolute Gasteiger partial charge is 0.0837 e. The van der Waals surface area contributed by atoms with Crippen LogP contribution in [0, 0.1) is 29.1 Å². The summed E-state index contributed by atoms with van der Waals surface area (Å²) < 4.78 is 0. The Labute approximate surface area is 190 Å². The zero-order chi connectivity index (χ0) is 23.0. The maximum atomic E-state index is 10.4. The molecular formula is C28H46O3. The van der Waals surface area contributed by atoms with Crippen molar-refractivity contribution in [2.24, 2.45) is 29.1 Å². The van der Waals surface area contributed by atoms with Crippen LogP contribution in [0.1, 0.15) is 92.4 Å². The van der Waals surface area contributed by atoms with Gasteiger partial charge in [-0.2, -0.15) is 0 Å². The number of rotatable bonds is 6. The Morgan fingerprint density at radius 1 is 1.23 bits per heavy atom. The topological polar surface area (TPSA) is 60.7 Å². The lowest BCUT2D eigenvalue weighted by Crippen LogP contribution is -2.36. The third-order valence-electron chi connectivity index (χ3n) is 8.97. The summed E-state index contributed by atoms with van der Waals surface area (Å²) in [5.41, 5.74) is 3.15.